The van der Waals surface area contributed by atoms with Gasteiger partial charge in [0, 0.05) is 25.5 Å². The van der Waals surface area contributed by atoms with E-state index in [-0.39, 0.29) is 0 Å². The second-order valence-electron chi connectivity index (χ2n) is 2.60. The van der Waals surface area contributed by atoms with E-state index in [1.807, 2.05) is 26.1 Å². The number of rotatable bonds is 1. The first-order valence-electron chi connectivity index (χ1n) is 4.31. The average molecular weight is 165 g/mol. The third kappa shape index (κ3) is 2.19. The van der Waals surface area contributed by atoms with Gasteiger partial charge in [0.05, 0.1) is 0 Å². The Kier molecular flexibility index (Phi) is 3.51. The predicted octanol–water partition coefficient (Wildman–Crippen LogP) is 1.67. The Bertz CT molecular complexity index is 216. The average Bonchev–Trinajstić information content (AvgIpc) is 2.09. The zero-order valence-corrected chi connectivity index (χ0v) is 7.70. The van der Waals surface area contributed by atoms with Gasteiger partial charge in [-0.2, -0.15) is 0 Å². The lowest BCUT2D eigenvalue weighted by Gasteiger charge is -2.22. The quantitative estimate of drug-likeness (QED) is 0.543. The van der Waals surface area contributed by atoms with Crippen LogP contribution >= 0.6 is 0 Å². The molecule has 1 aliphatic heterocycles. The summed E-state index contributed by atoms with van der Waals surface area (Å²) >= 11 is 0. The van der Waals surface area contributed by atoms with E-state index in [1.54, 1.807) is 6.21 Å². The molecule has 1 rings (SSSR count). The van der Waals surface area contributed by atoms with Crippen LogP contribution in [0.2, 0.25) is 0 Å². The SMILES string of the molecule is C/C=C\N1CCCN=C1/N=C\C. The van der Waals surface area contributed by atoms with Gasteiger partial charge in [-0.15, -0.1) is 0 Å². The molecule has 0 unspecified atom stereocenters. The third-order valence-corrected chi connectivity index (χ3v) is 1.64. The van der Waals surface area contributed by atoms with Crippen molar-refractivity contribution in [1.82, 2.24) is 4.90 Å². The molecule has 12 heavy (non-hydrogen) atoms. The van der Waals surface area contributed by atoms with Crippen molar-refractivity contribution in [2.75, 3.05) is 13.1 Å². The van der Waals surface area contributed by atoms with Gasteiger partial charge in [0.15, 0.2) is 0 Å². The summed E-state index contributed by atoms with van der Waals surface area (Å²) in [6.07, 6.45) is 6.92. The summed E-state index contributed by atoms with van der Waals surface area (Å²) in [6.45, 7) is 5.84. The van der Waals surface area contributed by atoms with E-state index in [0.29, 0.717) is 0 Å². The van der Waals surface area contributed by atoms with E-state index >= 15 is 0 Å². The Labute approximate surface area is 73.5 Å². The van der Waals surface area contributed by atoms with Crippen LogP contribution in [0.4, 0.5) is 0 Å². The number of hydrogen-bond acceptors (Lipinski definition) is 3. The van der Waals surface area contributed by atoms with Gasteiger partial charge < -0.3 is 4.90 Å². The lowest BCUT2D eigenvalue weighted by atomic mass is 10.3. The highest BCUT2D eigenvalue weighted by Crippen LogP contribution is 2.04. The minimum Gasteiger partial charge on any atom is -0.318 e. The maximum absolute atomic E-state index is 4.31. The van der Waals surface area contributed by atoms with E-state index in [2.05, 4.69) is 14.9 Å². The van der Waals surface area contributed by atoms with Crippen LogP contribution in [-0.4, -0.2) is 30.2 Å². The van der Waals surface area contributed by atoms with Gasteiger partial charge in [-0.05, 0) is 20.3 Å². The summed E-state index contributed by atoms with van der Waals surface area (Å²) in [5.74, 6) is 0.835. The van der Waals surface area contributed by atoms with Crippen LogP contribution < -0.4 is 0 Å². The van der Waals surface area contributed by atoms with Crippen molar-refractivity contribution >= 4 is 12.2 Å². The molecular weight excluding hydrogens is 150 g/mol. The first kappa shape index (κ1) is 8.97. The van der Waals surface area contributed by atoms with E-state index in [4.69, 9.17) is 0 Å². The van der Waals surface area contributed by atoms with E-state index in [9.17, 15) is 0 Å². The normalized spacial score (nSPS) is 19.2. The molecule has 0 aromatic carbocycles. The zero-order chi connectivity index (χ0) is 8.81. The van der Waals surface area contributed by atoms with Crippen LogP contribution in [-0.2, 0) is 0 Å². The summed E-state index contributed by atoms with van der Waals surface area (Å²) in [6, 6.07) is 0. The number of nitrogens with zero attached hydrogens (tertiary/aromatic N) is 3. The molecule has 0 saturated heterocycles. The van der Waals surface area contributed by atoms with Crippen LogP contribution in [0.1, 0.15) is 20.3 Å². The highest BCUT2D eigenvalue weighted by molar-refractivity contribution is 5.88. The predicted molar refractivity (Wildman–Crippen MR) is 52.6 cm³/mol. The highest BCUT2D eigenvalue weighted by Gasteiger charge is 2.09. The molecule has 0 saturated carbocycles. The highest BCUT2D eigenvalue weighted by atomic mass is 15.3. The van der Waals surface area contributed by atoms with Gasteiger partial charge >= 0.3 is 0 Å². The first-order valence-corrected chi connectivity index (χ1v) is 4.31. The molecule has 1 heterocycles. The number of guanidine groups is 1. The van der Waals surface area contributed by atoms with Crippen LogP contribution in [0.15, 0.2) is 22.3 Å². The largest absolute Gasteiger partial charge is 0.318 e. The van der Waals surface area contributed by atoms with Crippen LogP contribution in [0.25, 0.3) is 0 Å². The Balaban J connectivity index is 2.70. The minimum absolute atomic E-state index is 0.835. The minimum atomic E-state index is 0.835. The fourth-order valence-electron chi connectivity index (χ4n) is 1.16. The van der Waals surface area contributed by atoms with Gasteiger partial charge in [0.2, 0.25) is 5.96 Å². The number of hydrogen-bond donors (Lipinski definition) is 0. The number of allylic oxidation sites excluding steroid dienone is 1. The molecule has 0 aromatic rings. The van der Waals surface area contributed by atoms with E-state index in [0.717, 1.165) is 25.5 Å². The third-order valence-electron chi connectivity index (χ3n) is 1.64. The second-order valence-corrected chi connectivity index (χ2v) is 2.60. The van der Waals surface area contributed by atoms with E-state index < -0.39 is 0 Å². The fourth-order valence-corrected chi connectivity index (χ4v) is 1.16. The van der Waals surface area contributed by atoms with E-state index in [1.165, 1.54) is 0 Å². The van der Waals surface area contributed by atoms with Crippen LogP contribution in [0.3, 0.4) is 0 Å². The lowest BCUT2D eigenvalue weighted by Crippen LogP contribution is -2.29. The van der Waals surface area contributed by atoms with Crippen molar-refractivity contribution in [2.24, 2.45) is 9.98 Å². The van der Waals surface area contributed by atoms with Crippen molar-refractivity contribution < 1.29 is 0 Å². The summed E-state index contributed by atoms with van der Waals surface area (Å²) in [5.41, 5.74) is 0. The monoisotopic (exact) mass is 165 g/mol. The van der Waals surface area contributed by atoms with Crippen molar-refractivity contribution in [3.8, 4) is 0 Å². The van der Waals surface area contributed by atoms with Gasteiger partial charge in [-0.25, -0.2) is 4.99 Å². The molecule has 0 spiro atoms. The lowest BCUT2D eigenvalue weighted by molar-refractivity contribution is 0.502. The zero-order valence-electron chi connectivity index (χ0n) is 7.70. The summed E-state index contributed by atoms with van der Waals surface area (Å²) in [7, 11) is 0. The first-order chi connectivity index (χ1) is 5.88. The second kappa shape index (κ2) is 4.70. The van der Waals surface area contributed by atoms with Crippen molar-refractivity contribution in [1.29, 1.82) is 0 Å². The molecule has 0 amide bonds. The molecule has 66 valence electrons. The summed E-state index contributed by atoms with van der Waals surface area (Å²) in [4.78, 5) is 10.6. The molecule has 0 aliphatic carbocycles. The maximum Gasteiger partial charge on any atom is 0.224 e. The fraction of sp³-hybridized carbons (Fsp3) is 0.556. The van der Waals surface area contributed by atoms with Crippen molar-refractivity contribution in [2.45, 2.75) is 20.3 Å². The molecule has 0 bridgehead atoms. The molecule has 1 aliphatic rings. The Hall–Kier alpha value is -1.12. The van der Waals surface area contributed by atoms with Crippen LogP contribution in [0, 0.1) is 0 Å². The molecule has 0 fully saturated rings. The standard InChI is InChI=1S/C9H15N3/c1-3-7-12-8-5-6-11-9(12)10-4-2/h3-4,7H,5-6,8H2,1-2H3/b7-3-,10-4-. The topological polar surface area (TPSA) is 28.0 Å². The van der Waals surface area contributed by atoms with Gasteiger partial charge in [0.25, 0.3) is 0 Å². The maximum atomic E-state index is 4.31. The smallest absolute Gasteiger partial charge is 0.224 e. The molecule has 0 atom stereocenters. The Morgan fingerprint density at radius 2 is 2.33 bits per heavy atom. The molecule has 0 radical (unpaired) electrons. The molecule has 0 N–H and O–H groups in total. The van der Waals surface area contributed by atoms with Gasteiger partial charge in [0.1, 0.15) is 0 Å². The Morgan fingerprint density at radius 1 is 1.50 bits per heavy atom. The Morgan fingerprint density at radius 3 is 3.00 bits per heavy atom. The van der Waals surface area contributed by atoms with Crippen molar-refractivity contribution in [3.05, 3.63) is 12.3 Å². The van der Waals surface area contributed by atoms with Gasteiger partial charge in [-0.1, -0.05) is 6.08 Å². The van der Waals surface area contributed by atoms with Gasteiger partial charge in [-0.3, -0.25) is 4.99 Å². The van der Waals surface area contributed by atoms with Crippen molar-refractivity contribution in [3.63, 3.8) is 0 Å². The molecule has 3 heteroatoms. The summed E-state index contributed by atoms with van der Waals surface area (Å²) < 4.78 is 0. The molecular formula is C9H15N3. The van der Waals surface area contributed by atoms with Crippen LogP contribution in [0.5, 0.6) is 0 Å². The molecule has 0 aromatic heterocycles. The molecule has 3 nitrogen and oxygen atoms in total. The summed E-state index contributed by atoms with van der Waals surface area (Å²) in [5, 5.41) is 0. The number of aliphatic imine (C=N–C) groups is 2.